The molecule has 0 spiro atoms. The minimum atomic E-state index is -0.610. The normalized spacial score (nSPS) is 19.8. The first kappa shape index (κ1) is 22.9. The minimum absolute atomic E-state index is 0.146. The van der Waals surface area contributed by atoms with Gasteiger partial charge in [0.2, 0.25) is 0 Å². The van der Waals surface area contributed by atoms with Crippen LogP contribution in [0, 0.1) is 0 Å². The topological polar surface area (TPSA) is 111 Å². The van der Waals surface area contributed by atoms with Crippen LogP contribution in [0.3, 0.4) is 0 Å². The van der Waals surface area contributed by atoms with Gasteiger partial charge in [0, 0.05) is 13.2 Å². The molecule has 0 saturated heterocycles. The molecule has 1 aliphatic carbocycles. The first-order valence-corrected chi connectivity index (χ1v) is 10.4. The largest absolute Gasteiger partial charge is 0.456 e. The first-order valence-electron chi connectivity index (χ1n) is 10.4. The number of benzene rings is 1. The number of urea groups is 1. The lowest BCUT2D eigenvalue weighted by Gasteiger charge is -2.28. The Morgan fingerprint density at radius 2 is 1.84 bits per heavy atom. The molecular formula is C23H28N4O5. The molecule has 1 fully saturated rings. The van der Waals surface area contributed by atoms with Crippen molar-refractivity contribution in [1.82, 2.24) is 20.5 Å². The van der Waals surface area contributed by atoms with E-state index in [0.29, 0.717) is 12.1 Å². The molecule has 2 aromatic rings. The Kier molecular flexibility index (Phi) is 7.54. The number of aromatic nitrogens is 1. The highest BCUT2D eigenvalue weighted by atomic mass is 16.5. The van der Waals surface area contributed by atoms with Gasteiger partial charge in [0.05, 0.1) is 24.7 Å². The SMILES string of the molecule is C=C1C[C@@H](n2cccc2C(=O)OCc2ccccc2)[C@@H](NC(=O)OCC)[C@@H]1NC(=O)NC. The number of nitrogens with zero attached hydrogens (tertiary/aromatic N) is 1. The fourth-order valence-corrected chi connectivity index (χ4v) is 3.82. The van der Waals surface area contributed by atoms with Gasteiger partial charge in [-0.05, 0) is 31.0 Å². The second-order valence-electron chi connectivity index (χ2n) is 7.38. The zero-order valence-electron chi connectivity index (χ0n) is 18.2. The summed E-state index contributed by atoms with van der Waals surface area (Å²) in [7, 11) is 1.51. The Balaban J connectivity index is 1.82. The highest BCUT2D eigenvalue weighted by molar-refractivity contribution is 5.88. The van der Waals surface area contributed by atoms with Crippen molar-refractivity contribution in [2.45, 2.75) is 38.1 Å². The zero-order chi connectivity index (χ0) is 23.1. The highest BCUT2D eigenvalue weighted by Gasteiger charge is 2.42. The lowest BCUT2D eigenvalue weighted by atomic mass is 10.1. The van der Waals surface area contributed by atoms with Gasteiger partial charge in [0.25, 0.3) is 0 Å². The van der Waals surface area contributed by atoms with Crippen LogP contribution in [-0.2, 0) is 16.1 Å². The van der Waals surface area contributed by atoms with E-state index in [1.807, 2.05) is 30.3 Å². The molecule has 1 aliphatic rings. The maximum absolute atomic E-state index is 12.8. The van der Waals surface area contributed by atoms with E-state index < -0.39 is 30.2 Å². The average Bonchev–Trinajstić information content (AvgIpc) is 3.38. The van der Waals surface area contributed by atoms with Crippen molar-refractivity contribution >= 4 is 18.1 Å². The summed E-state index contributed by atoms with van der Waals surface area (Å²) in [5, 5.41) is 8.14. The van der Waals surface area contributed by atoms with Crippen LogP contribution in [0.5, 0.6) is 0 Å². The number of nitrogens with one attached hydrogen (secondary N) is 3. The smallest absolute Gasteiger partial charge is 0.407 e. The molecule has 170 valence electrons. The molecule has 1 aromatic heterocycles. The van der Waals surface area contributed by atoms with E-state index in [4.69, 9.17) is 9.47 Å². The fourth-order valence-electron chi connectivity index (χ4n) is 3.82. The Labute approximate surface area is 186 Å². The molecule has 9 heteroatoms. The van der Waals surface area contributed by atoms with E-state index in [2.05, 4.69) is 22.5 Å². The molecule has 0 aliphatic heterocycles. The Morgan fingerprint density at radius 1 is 1.09 bits per heavy atom. The molecule has 0 bridgehead atoms. The van der Waals surface area contributed by atoms with Crippen molar-refractivity contribution in [1.29, 1.82) is 0 Å². The van der Waals surface area contributed by atoms with E-state index in [-0.39, 0.29) is 19.3 Å². The minimum Gasteiger partial charge on any atom is -0.456 e. The highest BCUT2D eigenvalue weighted by Crippen LogP contribution is 2.35. The second-order valence-corrected chi connectivity index (χ2v) is 7.38. The summed E-state index contributed by atoms with van der Waals surface area (Å²) in [5.41, 5.74) is 1.94. The van der Waals surface area contributed by atoms with Crippen molar-refractivity contribution in [2.75, 3.05) is 13.7 Å². The van der Waals surface area contributed by atoms with Gasteiger partial charge in [-0.1, -0.05) is 42.5 Å². The number of alkyl carbamates (subject to hydrolysis) is 1. The standard InChI is InChI=1S/C23H28N4O5/c1-4-31-23(30)26-20-18(13-15(2)19(20)25-22(29)24-3)27-12-8-11-17(27)21(28)32-14-16-9-6-5-7-10-16/h5-12,18-20H,2,4,13-14H2,1,3H3,(H,26,30)(H2,24,25,29)/t18-,19-,20-/m1/s1. The Hall–Kier alpha value is -3.75. The number of carbonyl (C=O) groups is 3. The van der Waals surface area contributed by atoms with Crippen LogP contribution in [0.25, 0.3) is 0 Å². The van der Waals surface area contributed by atoms with Gasteiger partial charge < -0.3 is 30.0 Å². The van der Waals surface area contributed by atoms with Crippen molar-refractivity contribution in [3.05, 3.63) is 72.1 Å². The predicted molar refractivity (Wildman–Crippen MR) is 118 cm³/mol. The number of hydrogen-bond donors (Lipinski definition) is 3. The van der Waals surface area contributed by atoms with Gasteiger partial charge in [-0.15, -0.1) is 0 Å². The van der Waals surface area contributed by atoms with Crippen LogP contribution < -0.4 is 16.0 Å². The zero-order valence-corrected chi connectivity index (χ0v) is 18.2. The number of esters is 1. The van der Waals surface area contributed by atoms with E-state index in [1.165, 1.54) is 7.05 Å². The Bertz CT molecular complexity index is 972. The number of carbonyl (C=O) groups excluding carboxylic acids is 3. The summed E-state index contributed by atoms with van der Waals surface area (Å²) in [4.78, 5) is 37.0. The van der Waals surface area contributed by atoms with Gasteiger partial charge in [-0.25, -0.2) is 14.4 Å². The molecule has 3 rings (SSSR count). The second kappa shape index (κ2) is 10.5. The molecule has 9 nitrogen and oxygen atoms in total. The van der Waals surface area contributed by atoms with E-state index in [0.717, 1.165) is 11.1 Å². The van der Waals surface area contributed by atoms with E-state index >= 15 is 0 Å². The summed E-state index contributed by atoms with van der Waals surface area (Å²) in [6.07, 6.45) is 1.58. The van der Waals surface area contributed by atoms with Gasteiger partial charge in [0.1, 0.15) is 12.3 Å². The summed E-state index contributed by atoms with van der Waals surface area (Å²) in [6, 6.07) is 10.9. The van der Waals surface area contributed by atoms with Crippen LogP contribution >= 0.6 is 0 Å². The third-order valence-electron chi connectivity index (χ3n) is 5.32. The van der Waals surface area contributed by atoms with Crippen molar-refractivity contribution in [2.24, 2.45) is 0 Å². The Morgan fingerprint density at radius 3 is 2.53 bits per heavy atom. The maximum Gasteiger partial charge on any atom is 0.407 e. The summed E-state index contributed by atoms with van der Waals surface area (Å²) in [5.74, 6) is -0.484. The molecule has 0 radical (unpaired) electrons. The third-order valence-corrected chi connectivity index (χ3v) is 5.32. The van der Waals surface area contributed by atoms with Gasteiger partial charge in [0.15, 0.2) is 0 Å². The molecular weight excluding hydrogens is 412 g/mol. The van der Waals surface area contributed by atoms with Crippen LogP contribution in [0.4, 0.5) is 9.59 Å². The fraction of sp³-hybridized carbons (Fsp3) is 0.348. The number of ether oxygens (including phenoxy) is 2. The molecule has 3 atom stereocenters. The predicted octanol–water partition coefficient (Wildman–Crippen LogP) is 2.76. The first-order chi connectivity index (χ1) is 15.4. The monoisotopic (exact) mass is 440 g/mol. The summed E-state index contributed by atoms with van der Waals surface area (Å²) >= 11 is 0. The van der Waals surface area contributed by atoms with Crippen LogP contribution in [0.2, 0.25) is 0 Å². The van der Waals surface area contributed by atoms with Crippen LogP contribution in [-0.4, -0.2) is 48.4 Å². The number of hydrogen-bond acceptors (Lipinski definition) is 5. The summed E-state index contributed by atoms with van der Waals surface area (Å²) < 4.78 is 12.3. The van der Waals surface area contributed by atoms with E-state index in [9.17, 15) is 14.4 Å². The van der Waals surface area contributed by atoms with Crippen LogP contribution in [0.15, 0.2) is 60.8 Å². The molecule has 1 saturated carbocycles. The quantitative estimate of drug-likeness (QED) is 0.453. The van der Waals surface area contributed by atoms with Crippen LogP contribution in [0.1, 0.15) is 35.4 Å². The molecule has 3 N–H and O–H groups in total. The average molecular weight is 441 g/mol. The summed E-state index contributed by atoms with van der Waals surface area (Å²) in [6.45, 7) is 6.13. The lowest BCUT2D eigenvalue weighted by molar-refractivity contribution is 0.0456. The van der Waals surface area contributed by atoms with Crippen molar-refractivity contribution in [3.8, 4) is 0 Å². The number of rotatable bonds is 7. The van der Waals surface area contributed by atoms with Gasteiger partial charge >= 0.3 is 18.1 Å². The molecule has 32 heavy (non-hydrogen) atoms. The lowest BCUT2D eigenvalue weighted by Crippen LogP contribution is -2.53. The maximum atomic E-state index is 12.8. The molecule has 1 heterocycles. The van der Waals surface area contributed by atoms with Crippen molar-refractivity contribution < 1.29 is 23.9 Å². The van der Waals surface area contributed by atoms with E-state index in [1.54, 1.807) is 29.8 Å². The molecule has 0 unspecified atom stereocenters. The molecule has 3 amide bonds. The third kappa shape index (κ3) is 5.29. The van der Waals surface area contributed by atoms with Gasteiger partial charge in [-0.2, -0.15) is 0 Å². The molecule has 1 aromatic carbocycles. The van der Waals surface area contributed by atoms with Crippen molar-refractivity contribution in [3.63, 3.8) is 0 Å². The number of amides is 3. The van der Waals surface area contributed by atoms with Gasteiger partial charge in [-0.3, -0.25) is 0 Å².